The third-order valence-electron chi connectivity index (χ3n) is 1.85. The number of hydrogen-bond acceptors (Lipinski definition) is 4. The van der Waals surface area contributed by atoms with Gasteiger partial charge in [-0.25, -0.2) is 0 Å². The van der Waals surface area contributed by atoms with Crippen molar-refractivity contribution in [1.82, 2.24) is 0 Å². The highest BCUT2D eigenvalue weighted by Gasteiger charge is 2.11. The van der Waals surface area contributed by atoms with Crippen LogP contribution < -0.4 is 4.74 Å². The van der Waals surface area contributed by atoms with Gasteiger partial charge in [0.1, 0.15) is 0 Å². The zero-order valence-electron chi connectivity index (χ0n) is 7.99. The van der Waals surface area contributed by atoms with Crippen LogP contribution in [0.2, 0.25) is 0 Å². The molecular formula is C10H12O2S2. The van der Waals surface area contributed by atoms with Crippen molar-refractivity contribution in [3.05, 3.63) is 23.1 Å². The quantitative estimate of drug-likeness (QED) is 0.582. The van der Waals surface area contributed by atoms with Gasteiger partial charge in [-0.1, -0.05) is 29.2 Å². The van der Waals surface area contributed by atoms with E-state index in [1.54, 1.807) is 23.1 Å². The Kier molecular flexibility index (Phi) is 3.50. The normalized spacial score (nSPS) is 14.1. The van der Waals surface area contributed by atoms with Crippen molar-refractivity contribution in [2.45, 2.75) is 17.6 Å². The lowest BCUT2D eigenvalue weighted by Crippen LogP contribution is -2.00. The molecule has 0 aromatic carbocycles. The van der Waals surface area contributed by atoms with E-state index in [0.29, 0.717) is 13.4 Å². The van der Waals surface area contributed by atoms with Crippen molar-refractivity contribution in [3.63, 3.8) is 0 Å². The lowest BCUT2D eigenvalue weighted by molar-refractivity contribution is 0.0247. The highest BCUT2D eigenvalue weighted by Crippen LogP contribution is 2.40. The minimum Gasteiger partial charge on any atom is -0.458 e. The maximum absolute atomic E-state index is 5.45. The number of fused-ring (bicyclic) bond motifs is 1. The first kappa shape index (κ1) is 10.1. The first-order chi connectivity index (χ1) is 6.90. The standard InChI is InChI=1S/C10H12O2S2/c1-2-11-7-12-9-6-8-4-3-5-13-10(8)14-9/h3,5-6H,2,4,7H2,1H3. The van der Waals surface area contributed by atoms with Crippen LogP contribution in [0.4, 0.5) is 0 Å². The van der Waals surface area contributed by atoms with Gasteiger partial charge in [-0.2, -0.15) is 0 Å². The van der Waals surface area contributed by atoms with Crippen LogP contribution in [-0.2, 0) is 11.2 Å². The fourth-order valence-corrected chi connectivity index (χ4v) is 3.15. The van der Waals surface area contributed by atoms with Gasteiger partial charge in [0, 0.05) is 6.61 Å². The summed E-state index contributed by atoms with van der Waals surface area (Å²) in [5.74, 6) is 0. The molecule has 0 unspecified atom stereocenters. The third-order valence-corrected chi connectivity index (χ3v) is 4.07. The van der Waals surface area contributed by atoms with Crippen LogP contribution in [0.25, 0.3) is 0 Å². The maximum atomic E-state index is 5.45. The van der Waals surface area contributed by atoms with E-state index in [-0.39, 0.29) is 0 Å². The van der Waals surface area contributed by atoms with Crippen LogP contribution in [0.3, 0.4) is 0 Å². The summed E-state index contributed by atoms with van der Waals surface area (Å²) in [6.45, 7) is 3.01. The van der Waals surface area contributed by atoms with Crippen molar-refractivity contribution < 1.29 is 9.47 Å². The molecule has 0 saturated carbocycles. The summed E-state index contributed by atoms with van der Waals surface area (Å²) in [5.41, 5.74) is 1.37. The highest BCUT2D eigenvalue weighted by atomic mass is 32.2. The second-order valence-corrected chi connectivity index (χ2v) is 5.02. The molecule has 2 heterocycles. The van der Waals surface area contributed by atoms with Crippen LogP contribution in [0.1, 0.15) is 12.5 Å². The largest absolute Gasteiger partial charge is 0.458 e. The Morgan fingerprint density at radius 2 is 2.43 bits per heavy atom. The molecule has 0 atom stereocenters. The van der Waals surface area contributed by atoms with Gasteiger partial charge in [0.25, 0.3) is 0 Å². The molecular weight excluding hydrogens is 216 g/mol. The van der Waals surface area contributed by atoms with E-state index < -0.39 is 0 Å². The van der Waals surface area contributed by atoms with E-state index in [9.17, 15) is 0 Å². The van der Waals surface area contributed by atoms with Gasteiger partial charge in [0.15, 0.2) is 11.9 Å². The molecule has 2 rings (SSSR count). The molecule has 0 saturated heterocycles. The van der Waals surface area contributed by atoms with Crippen LogP contribution in [0.5, 0.6) is 5.06 Å². The zero-order valence-corrected chi connectivity index (χ0v) is 9.62. The monoisotopic (exact) mass is 228 g/mol. The second-order valence-electron chi connectivity index (χ2n) is 2.83. The molecule has 0 N–H and O–H groups in total. The SMILES string of the molecule is CCOCOc1cc2c(s1)SC=CC2. The zero-order chi connectivity index (χ0) is 9.80. The minimum absolute atomic E-state index is 0.355. The van der Waals surface area contributed by atoms with Crippen molar-refractivity contribution in [2.24, 2.45) is 0 Å². The summed E-state index contributed by atoms with van der Waals surface area (Å²) >= 11 is 3.46. The molecule has 4 heteroatoms. The molecule has 0 aliphatic carbocycles. The Balaban J connectivity index is 1.96. The van der Waals surface area contributed by atoms with Crippen LogP contribution >= 0.6 is 23.1 Å². The molecule has 1 aromatic rings. The molecule has 2 nitrogen and oxygen atoms in total. The maximum Gasteiger partial charge on any atom is 0.190 e. The molecule has 1 aliphatic heterocycles. The first-order valence-electron chi connectivity index (χ1n) is 4.55. The smallest absolute Gasteiger partial charge is 0.190 e. The summed E-state index contributed by atoms with van der Waals surface area (Å²) < 4.78 is 11.9. The highest BCUT2D eigenvalue weighted by molar-refractivity contribution is 8.04. The Bertz CT molecular complexity index is 305. The predicted octanol–water partition coefficient (Wildman–Crippen LogP) is 3.28. The molecule has 0 fully saturated rings. The van der Waals surface area contributed by atoms with Gasteiger partial charge >= 0.3 is 0 Å². The molecule has 76 valence electrons. The van der Waals surface area contributed by atoms with Gasteiger partial charge in [-0.3, -0.25) is 0 Å². The lowest BCUT2D eigenvalue weighted by atomic mass is 10.2. The number of ether oxygens (including phenoxy) is 2. The number of hydrogen-bond donors (Lipinski definition) is 0. The van der Waals surface area contributed by atoms with E-state index in [1.165, 1.54) is 9.77 Å². The average Bonchev–Trinajstić information content (AvgIpc) is 2.60. The fraction of sp³-hybridized carbons (Fsp3) is 0.400. The van der Waals surface area contributed by atoms with Crippen molar-refractivity contribution in [1.29, 1.82) is 0 Å². The number of rotatable bonds is 4. The topological polar surface area (TPSA) is 18.5 Å². The lowest BCUT2D eigenvalue weighted by Gasteiger charge is -2.01. The summed E-state index contributed by atoms with van der Waals surface area (Å²) in [6, 6.07) is 2.11. The van der Waals surface area contributed by atoms with E-state index >= 15 is 0 Å². The van der Waals surface area contributed by atoms with Crippen LogP contribution in [-0.4, -0.2) is 13.4 Å². The average molecular weight is 228 g/mol. The molecule has 0 bridgehead atoms. The van der Waals surface area contributed by atoms with Crippen molar-refractivity contribution in [2.75, 3.05) is 13.4 Å². The van der Waals surface area contributed by atoms with E-state index in [4.69, 9.17) is 9.47 Å². The molecule has 0 spiro atoms. The third kappa shape index (κ3) is 2.32. The van der Waals surface area contributed by atoms with Crippen molar-refractivity contribution >= 4 is 23.1 Å². The van der Waals surface area contributed by atoms with E-state index in [0.717, 1.165) is 11.5 Å². The van der Waals surface area contributed by atoms with Crippen LogP contribution in [0, 0.1) is 0 Å². The molecule has 1 aromatic heterocycles. The summed E-state index contributed by atoms with van der Waals surface area (Å²) in [7, 11) is 0. The van der Waals surface area contributed by atoms with Gasteiger partial charge in [0.05, 0.1) is 4.21 Å². The summed E-state index contributed by atoms with van der Waals surface area (Å²) in [5, 5.41) is 3.09. The van der Waals surface area contributed by atoms with E-state index in [1.807, 2.05) is 6.92 Å². The Labute approximate surface area is 91.9 Å². The Hall–Kier alpha value is -0.450. The second kappa shape index (κ2) is 4.87. The van der Waals surface area contributed by atoms with Crippen molar-refractivity contribution in [3.8, 4) is 5.06 Å². The van der Waals surface area contributed by atoms with E-state index in [2.05, 4.69) is 17.6 Å². The van der Waals surface area contributed by atoms with Gasteiger partial charge in [-0.05, 0) is 30.4 Å². The number of thiophene rings is 1. The molecule has 14 heavy (non-hydrogen) atoms. The van der Waals surface area contributed by atoms with Gasteiger partial charge < -0.3 is 9.47 Å². The predicted molar refractivity (Wildman–Crippen MR) is 60.1 cm³/mol. The fourth-order valence-electron chi connectivity index (χ4n) is 1.17. The molecule has 1 aliphatic rings. The summed E-state index contributed by atoms with van der Waals surface area (Å²) in [6.07, 6.45) is 3.20. The van der Waals surface area contributed by atoms with Gasteiger partial charge in [-0.15, -0.1) is 0 Å². The Morgan fingerprint density at radius 1 is 1.50 bits per heavy atom. The summed E-state index contributed by atoms with van der Waals surface area (Å²) in [4.78, 5) is 0. The van der Waals surface area contributed by atoms with Crippen LogP contribution in [0.15, 0.2) is 21.8 Å². The first-order valence-corrected chi connectivity index (χ1v) is 6.24. The minimum atomic E-state index is 0.355. The number of thioether (sulfide) groups is 1. The van der Waals surface area contributed by atoms with Gasteiger partial charge in [0.2, 0.25) is 0 Å². The molecule has 0 radical (unpaired) electrons. The Morgan fingerprint density at radius 3 is 3.21 bits per heavy atom. The molecule has 0 amide bonds. The number of allylic oxidation sites excluding steroid dienone is 1.